The molecule has 2 aliphatic rings. The van der Waals surface area contributed by atoms with Gasteiger partial charge < -0.3 is 10.6 Å². The minimum atomic E-state index is 0.385. The van der Waals surface area contributed by atoms with Crippen molar-refractivity contribution in [2.75, 3.05) is 31.1 Å². The third-order valence-corrected chi connectivity index (χ3v) is 5.23. The zero-order chi connectivity index (χ0) is 13.8. The standard InChI is InChI=1S/C16H23N3S/c17-15(19-8-10-20-11-9-19)18-13-16(6-7-16)12-14-4-2-1-3-5-14/h1-5H,6-13H2,(H2,17,18). The van der Waals surface area contributed by atoms with Crippen LogP contribution in [0.1, 0.15) is 18.4 Å². The van der Waals surface area contributed by atoms with Crippen molar-refractivity contribution >= 4 is 17.7 Å². The van der Waals surface area contributed by atoms with E-state index in [4.69, 9.17) is 5.73 Å². The first-order valence-electron chi connectivity index (χ1n) is 7.44. The Morgan fingerprint density at radius 1 is 1.20 bits per heavy atom. The van der Waals surface area contributed by atoms with Gasteiger partial charge in [-0.1, -0.05) is 30.3 Å². The summed E-state index contributed by atoms with van der Waals surface area (Å²) in [5.74, 6) is 3.10. The number of benzene rings is 1. The van der Waals surface area contributed by atoms with Gasteiger partial charge in [0.2, 0.25) is 0 Å². The summed E-state index contributed by atoms with van der Waals surface area (Å²) in [7, 11) is 0. The number of rotatable bonds is 4. The maximum Gasteiger partial charge on any atom is 0.191 e. The minimum absolute atomic E-state index is 0.385. The molecule has 3 nitrogen and oxygen atoms in total. The van der Waals surface area contributed by atoms with Gasteiger partial charge >= 0.3 is 0 Å². The van der Waals surface area contributed by atoms with Crippen LogP contribution in [-0.2, 0) is 6.42 Å². The van der Waals surface area contributed by atoms with Gasteiger partial charge in [0.1, 0.15) is 0 Å². The summed E-state index contributed by atoms with van der Waals surface area (Å²) in [6.07, 6.45) is 3.71. The lowest BCUT2D eigenvalue weighted by molar-refractivity contribution is 0.448. The molecular weight excluding hydrogens is 266 g/mol. The number of hydrogen-bond acceptors (Lipinski definition) is 2. The van der Waals surface area contributed by atoms with Crippen LogP contribution in [-0.4, -0.2) is 42.0 Å². The van der Waals surface area contributed by atoms with E-state index in [1.807, 2.05) is 11.8 Å². The topological polar surface area (TPSA) is 41.6 Å². The van der Waals surface area contributed by atoms with E-state index < -0.39 is 0 Å². The SMILES string of the molecule is NC(=NCC1(Cc2ccccc2)CC1)N1CCSCC1. The molecule has 2 fully saturated rings. The van der Waals surface area contributed by atoms with Crippen molar-refractivity contribution in [2.24, 2.45) is 16.1 Å². The summed E-state index contributed by atoms with van der Waals surface area (Å²) in [5.41, 5.74) is 7.95. The van der Waals surface area contributed by atoms with Gasteiger partial charge in [-0.05, 0) is 30.2 Å². The van der Waals surface area contributed by atoms with Gasteiger partial charge in [-0.2, -0.15) is 11.8 Å². The lowest BCUT2D eigenvalue weighted by Gasteiger charge is -2.27. The van der Waals surface area contributed by atoms with Crippen molar-refractivity contribution in [1.29, 1.82) is 0 Å². The van der Waals surface area contributed by atoms with Crippen LogP contribution in [0.25, 0.3) is 0 Å². The molecule has 1 aromatic carbocycles. The third kappa shape index (κ3) is 3.48. The van der Waals surface area contributed by atoms with Crippen molar-refractivity contribution in [1.82, 2.24) is 4.90 Å². The molecule has 3 rings (SSSR count). The summed E-state index contributed by atoms with van der Waals surface area (Å²) in [6, 6.07) is 10.8. The van der Waals surface area contributed by atoms with Crippen LogP contribution in [0.2, 0.25) is 0 Å². The lowest BCUT2D eigenvalue weighted by Crippen LogP contribution is -2.43. The number of nitrogens with zero attached hydrogens (tertiary/aromatic N) is 2. The second-order valence-electron chi connectivity index (χ2n) is 5.94. The number of guanidine groups is 1. The van der Waals surface area contributed by atoms with E-state index >= 15 is 0 Å². The summed E-state index contributed by atoms with van der Waals surface area (Å²) in [5, 5.41) is 0. The van der Waals surface area contributed by atoms with Crippen molar-refractivity contribution in [2.45, 2.75) is 19.3 Å². The van der Waals surface area contributed by atoms with Gasteiger partial charge in [0.25, 0.3) is 0 Å². The van der Waals surface area contributed by atoms with E-state index in [2.05, 4.69) is 40.2 Å². The molecule has 1 saturated carbocycles. The Balaban J connectivity index is 1.57. The first-order chi connectivity index (χ1) is 9.77. The first-order valence-corrected chi connectivity index (χ1v) is 8.60. The first kappa shape index (κ1) is 13.8. The molecule has 0 atom stereocenters. The molecule has 0 spiro atoms. The number of aliphatic imine (C=N–C) groups is 1. The van der Waals surface area contributed by atoms with E-state index in [1.165, 1.54) is 29.9 Å². The second-order valence-corrected chi connectivity index (χ2v) is 7.16. The Labute approximate surface area is 125 Å². The fourth-order valence-electron chi connectivity index (χ4n) is 2.74. The van der Waals surface area contributed by atoms with Crippen LogP contribution in [0.5, 0.6) is 0 Å². The van der Waals surface area contributed by atoms with Crippen LogP contribution in [0.15, 0.2) is 35.3 Å². The van der Waals surface area contributed by atoms with Crippen molar-refractivity contribution in [3.05, 3.63) is 35.9 Å². The maximum atomic E-state index is 6.14. The largest absolute Gasteiger partial charge is 0.370 e. The molecule has 1 heterocycles. The van der Waals surface area contributed by atoms with Crippen molar-refractivity contribution in [3.63, 3.8) is 0 Å². The molecule has 1 aromatic rings. The molecule has 1 aliphatic heterocycles. The zero-order valence-corrected chi connectivity index (χ0v) is 12.7. The van der Waals surface area contributed by atoms with Gasteiger partial charge in [0, 0.05) is 31.1 Å². The highest BCUT2D eigenvalue weighted by molar-refractivity contribution is 7.99. The third-order valence-electron chi connectivity index (χ3n) is 4.29. The molecule has 4 heteroatoms. The van der Waals surface area contributed by atoms with Gasteiger partial charge in [-0.15, -0.1) is 0 Å². The lowest BCUT2D eigenvalue weighted by atomic mass is 9.97. The molecule has 0 radical (unpaired) electrons. The Bertz CT molecular complexity index is 462. The predicted octanol–water partition coefficient (Wildman–Crippen LogP) is 2.37. The fourth-order valence-corrected chi connectivity index (χ4v) is 3.64. The van der Waals surface area contributed by atoms with Gasteiger partial charge in [-0.25, -0.2) is 0 Å². The molecule has 1 aliphatic carbocycles. The van der Waals surface area contributed by atoms with Crippen molar-refractivity contribution < 1.29 is 0 Å². The normalized spacial score (nSPS) is 21.8. The van der Waals surface area contributed by atoms with Crippen LogP contribution < -0.4 is 5.73 Å². The van der Waals surface area contributed by atoms with Crippen LogP contribution in [0.4, 0.5) is 0 Å². The number of thioether (sulfide) groups is 1. The summed E-state index contributed by atoms with van der Waals surface area (Å²) in [4.78, 5) is 6.92. The van der Waals surface area contributed by atoms with E-state index in [9.17, 15) is 0 Å². The Hall–Kier alpha value is -1.16. The average molecular weight is 289 g/mol. The van der Waals surface area contributed by atoms with E-state index in [0.717, 1.165) is 32.0 Å². The molecule has 20 heavy (non-hydrogen) atoms. The maximum absolute atomic E-state index is 6.14. The Kier molecular flexibility index (Phi) is 4.20. The van der Waals surface area contributed by atoms with E-state index in [1.54, 1.807) is 0 Å². The Morgan fingerprint density at radius 2 is 1.90 bits per heavy atom. The summed E-state index contributed by atoms with van der Waals surface area (Å²) >= 11 is 2.00. The molecule has 0 unspecified atom stereocenters. The molecule has 108 valence electrons. The van der Waals surface area contributed by atoms with E-state index in [0.29, 0.717) is 5.41 Å². The molecule has 0 bridgehead atoms. The highest BCUT2D eigenvalue weighted by Gasteiger charge is 2.42. The van der Waals surface area contributed by atoms with Gasteiger partial charge in [0.15, 0.2) is 5.96 Å². The second kappa shape index (κ2) is 6.08. The van der Waals surface area contributed by atoms with E-state index in [-0.39, 0.29) is 0 Å². The smallest absolute Gasteiger partial charge is 0.191 e. The minimum Gasteiger partial charge on any atom is -0.370 e. The van der Waals surface area contributed by atoms with Gasteiger partial charge in [0.05, 0.1) is 0 Å². The average Bonchev–Trinajstić information content (AvgIpc) is 3.27. The molecule has 0 aromatic heterocycles. The quantitative estimate of drug-likeness (QED) is 0.683. The number of hydrogen-bond donors (Lipinski definition) is 1. The molecule has 2 N–H and O–H groups in total. The van der Waals surface area contributed by atoms with Crippen LogP contribution in [0.3, 0.4) is 0 Å². The predicted molar refractivity (Wildman–Crippen MR) is 87.2 cm³/mol. The van der Waals surface area contributed by atoms with Gasteiger partial charge in [-0.3, -0.25) is 4.99 Å². The molecule has 1 saturated heterocycles. The molecule has 0 amide bonds. The van der Waals surface area contributed by atoms with Crippen molar-refractivity contribution in [3.8, 4) is 0 Å². The Morgan fingerprint density at radius 3 is 2.55 bits per heavy atom. The molecular formula is C16H23N3S. The highest BCUT2D eigenvalue weighted by atomic mass is 32.2. The monoisotopic (exact) mass is 289 g/mol. The summed E-state index contributed by atoms with van der Waals surface area (Å²) < 4.78 is 0. The number of nitrogens with two attached hydrogens (primary N) is 1. The zero-order valence-electron chi connectivity index (χ0n) is 11.9. The van der Waals surface area contributed by atoms with Crippen LogP contribution >= 0.6 is 11.8 Å². The van der Waals surface area contributed by atoms with Crippen LogP contribution in [0, 0.1) is 5.41 Å². The highest BCUT2D eigenvalue weighted by Crippen LogP contribution is 2.48. The fraction of sp³-hybridized carbons (Fsp3) is 0.562. The summed E-state index contributed by atoms with van der Waals surface area (Å²) in [6.45, 7) is 2.98.